The van der Waals surface area contributed by atoms with Crippen LogP contribution in [0, 0.1) is 0 Å². The van der Waals surface area contributed by atoms with E-state index < -0.39 is 0 Å². The van der Waals surface area contributed by atoms with Crippen molar-refractivity contribution in [3.05, 3.63) is 48.4 Å². The first-order valence-corrected chi connectivity index (χ1v) is 14.7. The van der Waals surface area contributed by atoms with Crippen molar-refractivity contribution in [1.29, 1.82) is 0 Å². The number of hydroxylamine groups is 1. The van der Waals surface area contributed by atoms with Crippen molar-refractivity contribution in [3.8, 4) is 5.75 Å². The molecule has 9 heteroatoms. The molecule has 0 radical (unpaired) electrons. The maximum absolute atomic E-state index is 5.92. The number of hydrogen-bond donors (Lipinski definition) is 1. The lowest BCUT2D eigenvalue weighted by molar-refractivity contribution is 0.0212. The summed E-state index contributed by atoms with van der Waals surface area (Å²) in [7, 11) is 1.75. The van der Waals surface area contributed by atoms with Crippen LogP contribution in [0.15, 0.2) is 42.7 Å². The monoisotopic (exact) mass is 535 g/mol. The van der Waals surface area contributed by atoms with Gasteiger partial charge in [0.1, 0.15) is 11.4 Å². The van der Waals surface area contributed by atoms with Crippen molar-refractivity contribution >= 4 is 16.6 Å². The summed E-state index contributed by atoms with van der Waals surface area (Å²) in [5, 5.41) is 6.12. The fraction of sp³-hybridized carbons (Fsp3) is 0.600. The van der Waals surface area contributed by atoms with Gasteiger partial charge in [-0.15, -0.1) is 0 Å². The molecule has 5 rings (SSSR count). The molecule has 2 aliphatic rings. The van der Waals surface area contributed by atoms with Crippen molar-refractivity contribution in [2.75, 3.05) is 71.0 Å². The van der Waals surface area contributed by atoms with E-state index in [1.54, 1.807) is 7.11 Å². The molecule has 0 unspecified atom stereocenters. The third kappa shape index (κ3) is 6.90. The van der Waals surface area contributed by atoms with Gasteiger partial charge in [0.2, 0.25) is 0 Å². The Hall–Kier alpha value is -2.72. The number of fused-ring (bicyclic) bond motifs is 1. The van der Waals surface area contributed by atoms with Gasteiger partial charge < -0.3 is 19.4 Å². The summed E-state index contributed by atoms with van der Waals surface area (Å²) < 4.78 is 7.86. The zero-order valence-electron chi connectivity index (χ0n) is 23.9. The molecular formula is C30H45N7O2. The lowest BCUT2D eigenvalue weighted by Gasteiger charge is -2.30. The van der Waals surface area contributed by atoms with E-state index >= 15 is 0 Å². The van der Waals surface area contributed by atoms with Crippen molar-refractivity contribution in [3.63, 3.8) is 0 Å². The normalized spacial score (nSPS) is 18.2. The Bertz CT molecular complexity index is 1180. The maximum Gasteiger partial charge on any atom is 0.144 e. The van der Waals surface area contributed by atoms with Gasteiger partial charge >= 0.3 is 0 Å². The Morgan fingerprint density at radius 3 is 2.64 bits per heavy atom. The van der Waals surface area contributed by atoms with Crippen LogP contribution in [0.2, 0.25) is 0 Å². The van der Waals surface area contributed by atoms with Gasteiger partial charge in [-0.3, -0.25) is 14.6 Å². The van der Waals surface area contributed by atoms with Gasteiger partial charge in [-0.25, -0.2) is 5.48 Å². The molecule has 0 bridgehead atoms. The molecule has 1 aromatic carbocycles. The number of nitrogens with zero attached hydrogens (tertiary/aromatic N) is 6. The fourth-order valence-electron chi connectivity index (χ4n) is 5.91. The number of hydrogen-bond acceptors (Lipinski definition) is 8. The summed E-state index contributed by atoms with van der Waals surface area (Å²) in [6.07, 6.45) is 8.58. The molecule has 9 nitrogen and oxygen atoms in total. The number of aromatic nitrogens is 3. The molecular weight excluding hydrogens is 490 g/mol. The van der Waals surface area contributed by atoms with Gasteiger partial charge in [0, 0.05) is 63.1 Å². The third-order valence-corrected chi connectivity index (χ3v) is 8.04. The number of pyridine rings is 1. The third-order valence-electron chi connectivity index (χ3n) is 8.04. The smallest absolute Gasteiger partial charge is 0.144 e. The molecule has 1 N–H and O–H groups in total. The minimum atomic E-state index is 0.206. The summed E-state index contributed by atoms with van der Waals surface area (Å²) >= 11 is 0. The molecule has 2 aliphatic heterocycles. The summed E-state index contributed by atoms with van der Waals surface area (Å²) in [6.45, 7) is 13.2. The standard InChI is InChI=1S/C30H45N7O2/c1-24(2)37-19-11-26(33-37)27(12-23-39-32-14-20-34-15-4-5-16-34)35-17-7-18-36(22-21-35)30-28(38-3)10-9-25-8-6-13-31-29(25)30/h6,8-11,13,19,24,27,32H,4-5,7,12,14-18,20-23H2,1-3H3/t27-/m0/s1. The number of nitrogens with one attached hydrogen (secondary N) is 1. The minimum absolute atomic E-state index is 0.206. The summed E-state index contributed by atoms with van der Waals surface area (Å²) in [4.78, 5) is 18.2. The van der Waals surface area contributed by atoms with Crippen molar-refractivity contribution in [1.82, 2.24) is 30.0 Å². The summed E-state index contributed by atoms with van der Waals surface area (Å²) in [5.74, 6) is 0.885. The topological polar surface area (TPSA) is 70.9 Å². The average molecular weight is 536 g/mol. The van der Waals surface area contributed by atoms with E-state index in [0.717, 1.165) is 80.1 Å². The molecule has 0 aliphatic carbocycles. The van der Waals surface area contributed by atoms with Crippen LogP contribution in [0.1, 0.15) is 57.3 Å². The van der Waals surface area contributed by atoms with Gasteiger partial charge in [0.05, 0.1) is 31.0 Å². The molecule has 3 aromatic rings. The molecule has 1 atom stereocenters. The van der Waals surface area contributed by atoms with Crippen LogP contribution in [0.5, 0.6) is 5.75 Å². The zero-order chi connectivity index (χ0) is 27.0. The predicted octanol–water partition coefficient (Wildman–Crippen LogP) is 4.28. The fourth-order valence-corrected chi connectivity index (χ4v) is 5.91. The van der Waals surface area contributed by atoms with Crippen LogP contribution >= 0.6 is 0 Å². The molecule has 0 spiro atoms. The molecule has 0 amide bonds. The first kappa shape index (κ1) is 27.8. The number of likely N-dealkylation sites (tertiary alicyclic amines) is 1. The van der Waals surface area contributed by atoms with Crippen LogP contribution in [0.25, 0.3) is 10.9 Å². The van der Waals surface area contributed by atoms with Crippen LogP contribution < -0.4 is 15.1 Å². The summed E-state index contributed by atoms with van der Waals surface area (Å²) in [6, 6.07) is 11.0. The van der Waals surface area contributed by atoms with Crippen LogP contribution in [0.3, 0.4) is 0 Å². The van der Waals surface area contributed by atoms with Gasteiger partial charge in [0.25, 0.3) is 0 Å². The second kappa shape index (κ2) is 13.6. The Morgan fingerprint density at radius 2 is 1.85 bits per heavy atom. The summed E-state index contributed by atoms with van der Waals surface area (Å²) in [5.41, 5.74) is 6.43. The molecule has 2 saturated heterocycles. The molecule has 0 saturated carbocycles. The van der Waals surface area contributed by atoms with Gasteiger partial charge in [0.15, 0.2) is 0 Å². The Kier molecular flexibility index (Phi) is 9.68. The van der Waals surface area contributed by atoms with E-state index in [2.05, 4.69) is 69.2 Å². The van der Waals surface area contributed by atoms with Crippen molar-refractivity contribution in [2.24, 2.45) is 0 Å². The molecule has 2 fully saturated rings. The highest BCUT2D eigenvalue weighted by Crippen LogP contribution is 2.36. The van der Waals surface area contributed by atoms with Crippen LogP contribution in [-0.4, -0.2) is 90.6 Å². The Labute approximate surface area is 233 Å². The second-order valence-corrected chi connectivity index (χ2v) is 11.0. The number of rotatable bonds is 12. The highest BCUT2D eigenvalue weighted by atomic mass is 16.6. The first-order valence-electron chi connectivity index (χ1n) is 14.7. The van der Waals surface area contributed by atoms with E-state index in [1.165, 1.54) is 25.9 Å². The van der Waals surface area contributed by atoms with Gasteiger partial charge in [-0.05, 0) is 76.9 Å². The van der Waals surface area contributed by atoms with Gasteiger partial charge in [-0.2, -0.15) is 5.10 Å². The lowest BCUT2D eigenvalue weighted by Crippen LogP contribution is -2.35. The Morgan fingerprint density at radius 1 is 0.974 bits per heavy atom. The van der Waals surface area contributed by atoms with Crippen LogP contribution in [-0.2, 0) is 4.84 Å². The number of anilines is 1. The Balaban J connectivity index is 1.26. The lowest BCUT2D eigenvalue weighted by atomic mass is 10.1. The molecule has 4 heterocycles. The first-order chi connectivity index (χ1) is 19.1. The maximum atomic E-state index is 5.92. The SMILES string of the molecule is COc1ccc2cccnc2c1N1CCCN([C@@H](CCONCCN2CCCC2)c2ccn(C(C)C)n2)CC1. The average Bonchev–Trinajstić information content (AvgIpc) is 3.61. The minimum Gasteiger partial charge on any atom is -0.494 e. The van der Waals surface area contributed by atoms with E-state index in [-0.39, 0.29) is 6.04 Å². The number of benzene rings is 1. The zero-order valence-corrected chi connectivity index (χ0v) is 23.9. The van der Waals surface area contributed by atoms with E-state index in [9.17, 15) is 0 Å². The van der Waals surface area contributed by atoms with Gasteiger partial charge in [-0.1, -0.05) is 6.07 Å². The molecule has 212 valence electrons. The number of methoxy groups -OCH3 is 1. The van der Waals surface area contributed by atoms with E-state index in [0.29, 0.717) is 12.6 Å². The highest BCUT2D eigenvalue weighted by molar-refractivity contribution is 5.94. The van der Waals surface area contributed by atoms with Crippen LogP contribution in [0.4, 0.5) is 5.69 Å². The predicted molar refractivity (Wildman–Crippen MR) is 156 cm³/mol. The molecule has 39 heavy (non-hydrogen) atoms. The molecule has 2 aromatic heterocycles. The largest absolute Gasteiger partial charge is 0.494 e. The van der Waals surface area contributed by atoms with Crippen molar-refractivity contribution < 1.29 is 9.57 Å². The van der Waals surface area contributed by atoms with Crippen molar-refractivity contribution in [2.45, 2.75) is 51.6 Å². The number of ether oxygens (including phenoxy) is 1. The second-order valence-electron chi connectivity index (χ2n) is 11.0. The quantitative estimate of drug-likeness (QED) is 0.272. The van der Waals surface area contributed by atoms with E-state index in [1.807, 2.05) is 12.3 Å². The van der Waals surface area contributed by atoms with E-state index in [4.69, 9.17) is 19.7 Å². The highest BCUT2D eigenvalue weighted by Gasteiger charge is 2.27.